The lowest BCUT2D eigenvalue weighted by atomic mass is 9.87. The summed E-state index contributed by atoms with van der Waals surface area (Å²) in [6, 6.07) is 6.06. The van der Waals surface area contributed by atoms with Crippen LogP contribution in [0.25, 0.3) is 0 Å². The van der Waals surface area contributed by atoms with E-state index in [1.54, 1.807) is 0 Å². The van der Waals surface area contributed by atoms with E-state index in [0.29, 0.717) is 0 Å². The number of hydrogen-bond donors (Lipinski definition) is 1. The van der Waals surface area contributed by atoms with Crippen LogP contribution in [0.3, 0.4) is 0 Å². The summed E-state index contributed by atoms with van der Waals surface area (Å²) in [4.78, 5) is 0. The van der Waals surface area contributed by atoms with E-state index < -0.39 is 5.60 Å². The highest BCUT2D eigenvalue weighted by Gasteiger charge is 2.26. The summed E-state index contributed by atoms with van der Waals surface area (Å²) in [6.45, 7) is 4.82. The number of aliphatic hydroxyl groups is 1. The Balaban J connectivity index is 2.37. The highest BCUT2D eigenvalue weighted by molar-refractivity contribution is 5.41. The number of ether oxygens (including phenoxy) is 1. The second-order valence-electron chi connectivity index (χ2n) is 4.16. The third kappa shape index (κ3) is 1.74. The lowest BCUT2D eigenvalue weighted by molar-refractivity contribution is 0.0283. The molecule has 82 valence electrons. The van der Waals surface area contributed by atoms with Crippen LogP contribution >= 0.6 is 0 Å². The van der Waals surface area contributed by atoms with Crippen molar-refractivity contribution in [2.75, 3.05) is 6.61 Å². The van der Waals surface area contributed by atoms with Crippen LogP contribution in [0.5, 0.6) is 5.75 Å². The Morgan fingerprint density at radius 3 is 2.73 bits per heavy atom. The Morgan fingerprint density at radius 1 is 1.33 bits per heavy atom. The molecule has 1 aromatic rings. The smallest absolute Gasteiger partial charge is 0.122 e. The van der Waals surface area contributed by atoms with Crippen molar-refractivity contribution in [3.63, 3.8) is 0 Å². The average Bonchev–Trinajstić information content (AvgIpc) is 2.74. The van der Waals surface area contributed by atoms with E-state index in [1.165, 1.54) is 5.56 Å². The summed E-state index contributed by atoms with van der Waals surface area (Å²) in [6.07, 6.45) is 2.47. The van der Waals surface area contributed by atoms with E-state index in [9.17, 15) is 5.11 Å². The molecule has 15 heavy (non-hydrogen) atoms. The van der Waals surface area contributed by atoms with Crippen LogP contribution in [-0.2, 0) is 12.0 Å². The summed E-state index contributed by atoms with van der Waals surface area (Å²) in [5, 5.41) is 10.4. The predicted octanol–water partition coefficient (Wildman–Crippen LogP) is 2.63. The summed E-state index contributed by atoms with van der Waals surface area (Å²) in [5.74, 6) is 0.980. The fourth-order valence-corrected chi connectivity index (χ4v) is 2.13. The lowest BCUT2D eigenvalue weighted by Crippen LogP contribution is -2.23. The molecule has 0 aliphatic carbocycles. The monoisotopic (exact) mass is 206 g/mol. The number of fused-ring (bicyclic) bond motifs is 1. The SMILES string of the molecule is CCC(O)(CC)c1ccc2c(c1)CCO2. The topological polar surface area (TPSA) is 29.5 Å². The van der Waals surface area contributed by atoms with Gasteiger partial charge in [-0.1, -0.05) is 19.9 Å². The van der Waals surface area contributed by atoms with Gasteiger partial charge in [0.1, 0.15) is 5.75 Å². The Kier molecular flexibility index (Phi) is 2.70. The van der Waals surface area contributed by atoms with E-state index in [4.69, 9.17) is 4.74 Å². The molecule has 0 bridgehead atoms. The molecule has 2 rings (SSSR count). The van der Waals surface area contributed by atoms with Crippen molar-refractivity contribution < 1.29 is 9.84 Å². The maximum atomic E-state index is 10.4. The van der Waals surface area contributed by atoms with Crippen molar-refractivity contribution in [3.8, 4) is 5.75 Å². The molecule has 0 aromatic heterocycles. The second-order valence-corrected chi connectivity index (χ2v) is 4.16. The molecule has 0 unspecified atom stereocenters. The Morgan fingerprint density at radius 2 is 2.07 bits per heavy atom. The first-order valence-corrected chi connectivity index (χ1v) is 5.68. The first-order chi connectivity index (χ1) is 7.19. The van der Waals surface area contributed by atoms with Gasteiger partial charge in [-0.25, -0.2) is 0 Å². The predicted molar refractivity (Wildman–Crippen MR) is 60.1 cm³/mol. The van der Waals surface area contributed by atoms with Gasteiger partial charge in [0.15, 0.2) is 0 Å². The molecule has 1 aromatic carbocycles. The molecule has 0 saturated carbocycles. The molecule has 1 N–H and O–H groups in total. The van der Waals surface area contributed by atoms with Crippen molar-refractivity contribution in [3.05, 3.63) is 29.3 Å². The van der Waals surface area contributed by atoms with E-state index in [1.807, 2.05) is 26.0 Å². The van der Waals surface area contributed by atoms with Crippen LogP contribution in [0, 0.1) is 0 Å². The second kappa shape index (κ2) is 3.86. The molecular formula is C13H18O2. The Labute approximate surface area is 90.9 Å². The van der Waals surface area contributed by atoms with E-state index in [2.05, 4.69) is 6.07 Å². The van der Waals surface area contributed by atoms with Gasteiger partial charge in [-0.05, 0) is 36.1 Å². The highest BCUT2D eigenvalue weighted by atomic mass is 16.5. The fraction of sp³-hybridized carbons (Fsp3) is 0.538. The van der Waals surface area contributed by atoms with Crippen molar-refractivity contribution in [1.82, 2.24) is 0 Å². The fourth-order valence-electron chi connectivity index (χ4n) is 2.13. The molecule has 1 heterocycles. The van der Waals surface area contributed by atoms with E-state index >= 15 is 0 Å². The van der Waals surface area contributed by atoms with Crippen LogP contribution in [0.15, 0.2) is 18.2 Å². The van der Waals surface area contributed by atoms with Gasteiger partial charge in [-0.2, -0.15) is 0 Å². The maximum absolute atomic E-state index is 10.4. The molecule has 1 aliphatic heterocycles. The van der Waals surface area contributed by atoms with Gasteiger partial charge in [-0.3, -0.25) is 0 Å². The molecule has 2 heteroatoms. The summed E-state index contributed by atoms with van der Waals surface area (Å²) >= 11 is 0. The van der Waals surface area contributed by atoms with Crippen LogP contribution in [0.1, 0.15) is 37.8 Å². The molecule has 0 radical (unpaired) electrons. The van der Waals surface area contributed by atoms with Gasteiger partial charge < -0.3 is 9.84 Å². The van der Waals surface area contributed by atoms with Gasteiger partial charge in [-0.15, -0.1) is 0 Å². The molecule has 2 nitrogen and oxygen atoms in total. The molecule has 0 saturated heterocycles. The van der Waals surface area contributed by atoms with Crippen molar-refractivity contribution in [2.24, 2.45) is 0 Å². The Hall–Kier alpha value is -1.02. The summed E-state index contributed by atoms with van der Waals surface area (Å²) in [7, 11) is 0. The van der Waals surface area contributed by atoms with Gasteiger partial charge in [0, 0.05) is 6.42 Å². The molecule has 0 spiro atoms. The summed E-state index contributed by atoms with van der Waals surface area (Å²) in [5.41, 5.74) is 1.59. The van der Waals surface area contributed by atoms with Crippen molar-refractivity contribution >= 4 is 0 Å². The molecule has 0 amide bonds. The highest BCUT2D eigenvalue weighted by Crippen LogP contribution is 2.33. The zero-order valence-electron chi connectivity index (χ0n) is 9.42. The number of benzene rings is 1. The third-order valence-electron chi connectivity index (χ3n) is 3.40. The van der Waals surface area contributed by atoms with E-state index in [-0.39, 0.29) is 0 Å². The maximum Gasteiger partial charge on any atom is 0.122 e. The number of rotatable bonds is 3. The molecule has 0 atom stereocenters. The minimum absolute atomic E-state index is 0.669. The molecule has 1 aliphatic rings. The lowest BCUT2D eigenvalue weighted by Gasteiger charge is -2.26. The normalized spacial score (nSPS) is 14.9. The third-order valence-corrected chi connectivity index (χ3v) is 3.40. The first-order valence-electron chi connectivity index (χ1n) is 5.68. The molecular weight excluding hydrogens is 188 g/mol. The van der Waals surface area contributed by atoms with Gasteiger partial charge >= 0.3 is 0 Å². The van der Waals surface area contributed by atoms with Gasteiger partial charge in [0.05, 0.1) is 12.2 Å². The Bertz CT molecular complexity index is 354. The minimum Gasteiger partial charge on any atom is -0.493 e. The van der Waals surface area contributed by atoms with Crippen LogP contribution in [0.2, 0.25) is 0 Å². The quantitative estimate of drug-likeness (QED) is 0.823. The summed E-state index contributed by atoms with van der Waals surface area (Å²) < 4.78 is 5.45. The van der Waals surface area contributed by atoms with Crippen LogP contribution < -0.4 is 4.74 Å². The zero-order chi connectivity index (χ0) is 10.9. The van der Waals surface area contributed by atoms with Crippen LogP contribution in [-0.4, -0.2) is 11.7 Å². The number of hydrogen-bond acceptors (Lipinski definition) is 2. The largest absolute Gasteiger partial charge is 0.493 e. The van der Waals surface area contributed by atoms with Gasteiger partial charge in [0.25, 0.3) is 0 Å². The van der Waals surface area contributed by atoms with E-state index in [0.717, 1.165) is 37.2 Å². The van der Waals surface area contributed by atoms with Crippen LogP contribution in [0.4, 0.5) is 0 Å². The zero-order valence-corrected chi connectivity index (χ0v) is 9.42. The standard InChI is InChI=1S/C13H18O2/c1-3-13(14,4-2)11-5-6-12-10(9-11)7-8-15-12/h5-6,9,14H,3-4,7-8H2,1-2H3. The first kappa shape index (κ1) is 10.5. The van der Waals surface area contributed by atoms with Gasteiger partial charge in [0.2, 0.25) is 0 Å². The molecule has 0 fully saturated rings. The van der Waals surface area contributed by atoms with Crippen molar-refractivity contribution in [2.45, 2.75) is 38.7 Å². The average molecular weight is 206 g/mol. The minimum atomic E-state index is -0.669. The van der Waals surface area contributed by atoms with Crippen molar-refractivity contribution in [1.29, 1.82) is 0 Å².